The Kier molecular flexibility index (Phi) is 5.45. The van der Waals surface area contributed by atoms with Crippen LogP contribution in [0.25, 0.3) is 0 Å². The summed E-state index contributed by atoms with van der Waals surface area (Å²) in [5.41, 5.74) is 1.14. The number of hydrogen-bond acceptors (Lipinski definition) is 3. The van der Waals surface area contributed by atoms with Gasteiger partial charge in [0.05, 0.1) is 13.5 Å². The van der Waals surface area contributed by atoms with Crippen molar-refractivity contribution in [2.24, 2.45) is 0 Å². The molecule has 2 unspecified atom stereocenters. The van der Waals surface area contributed by atoms with Crippen LogP contribution in [0.1, 0.15) is 31.9 Å². The van der Waals surface area contributed by atoms with E-state index in [2.05, 4.69) is 17.0 Å². The van der Waals surface area contributed by atoms with E-state index in [9.17, 15) is 4.79 Å². The molecule has 0 aromatic heterocycles. The molecule has 0 heterocycles. The molecule has 0 aliphatic heterocycles. The Morgan fingerprint density at radius 2 is 1.94 bits per heavy atom. The molecule has 1 aromatic rings. The van der Waals surface area contributed by atoms with Crippen LogP contribution in [-0.4, -0.2) is 19.1 Å². The first-order valence-corrected chi connectivity index (χ1v) is 5.99. The van der Waals surface area contributed by atoms with Crippen LogP contribution in [0.5, 0.6) is 0 Å². The first kappa shape index (κ1) is 14.0. The summed E-state index contributed by atoms with van der Waals surface area (Å²) in [6.45, 7) is 4.01. The van der Waals surface area contributed by atoms with Gasteiger partial charge in [0.25, 0.3) is 0 Å². The molecule has 1 N–H and O–H groups in total. The van der Waals surface area contributed by atoms with Gasteiger partial charge >= 0.3 is 5.97 Å². The zero-order valence-electron chi connectivity index (χ0n) is 10.4. The minimum absolute atomic E-state index is 0.0770. The summed E-state index contributed by atoms with van der Waals surface area (Å²) >= 11 is 5.83. The van der Waals surface area contributed by atoms with Crippen molar-refractivity contribution in [3.05, 3.63) is 34.9 Å². The van der Waals surface area contributed by atoms with E-state index in [4.69, 9.17) is 11.6 Å². The van der Waals surface area contributed by atoms with Crippen molar-refractivity contribution in [2.45, 2.75) is 32.4 Å². The van der Waals surface area contributed by atoms with Crippen LogP contribution in [0.2, 0.25) is 5.02 Å². The van der Waals surface area contributed by atoms with E-state index in [-0.39, 0.29) is 18.1 Å². The molecule has 0 aliphatic carbocycles. The van der Waals surface area contributed by atoms with Crippen molar-refractivity contribution in [2.75, 3.05) is 7.11 Å². The second-order valence-electron chi connectivity index (χ2n) is 4.12. The maximum Gasteiger partial charge on any atom is 0.307 e. The lowest BCUT2D eigenvalue weighted by atomic mass is 10.1. The summed E-state index contributed by atoms with van der Waals surface area (Å²) in [6.07, 6.45) is 0.369. The molecule has 1 rings (SSSR count). The second-order valence-corrected chi connectivity index (χ2v) is 4.56. The summed E-state index contributed by atoms with van der Waals surface area (Å²) in [4.78, 5) is 11.1. The van der Waals surface area contributed by atoms with Crippen molar-refractivity contribution in [3.63, 3.8) is 0 Å². The van der Waals surface area contributed by atoms with Gasteiger partial charge in [0.15, 0.2) is 0 Å². The Hall–Kier alpha value is -1.06. The van der Waals surface area contributed by atoms with Gasteiger partial charge in [-0.25, -0.2) is 0 Å². The topological polar surface area (TPSA) is 38.3 Å². The lowest BCUT2D eigenvalue weighted by Crippen LogP contribution is -2.31. The second kappa shape index (κ2) is 6.62. The van der Waals surface area contributed by atoms with E-state index in [1.54, 1.807) is 0 Å². The van der Waals surface area contributed by atoms with Crippen molar-refractivity contribution in [1.82, 2.24) is 5.32 Å². The molecular formula is C13H18ClNO2. The van der Waals surface area contributed by atoms with E-state index in [1.807, 2.05) is 31.2 Å². The van der Waals surface area contributed by atoms with Crippen LogP contribution in [0.3, 0.4) is 0 Å². The molecule has 2 atom stereocenters. The molecule has 0 saturated heterocycles. The molecule has 0 aliphatic rings. The number of carbonyl (C=O) groups excluding carboxylic acids is 1. The third-order valence-electron chi connectivity index (χ3n) is 2.61. The zero-order chi connectivity index (χ0) is 12.8. The van der Waals surface area contributed by atoms with Crippen molar-refractivity contribution in [3.8, 4) is 0 Å². The average Bonchev–Trinajstić information content (AvgIpc) is 2.29. The summed E-state index contributed by atoms with van der Waals surface area (Å²) in [6, 6.07) is 7.93. The Bertz CT molecular complexity index is 364. The number of benzene rings is 1. The molecule has 0 radical (unpaired) electrons. The van der Waals surface area contributed by atoms with E-state index in [0.29, 0.717) is 6.42 Å². The average molecular weight is 256 g/mol. The largest absolute Gasteiger partial charge is 0.469 e. The molecule has 4 heteroatoms. The number of rotatable bonds is 5. The smallest absolute Gasteiger partial charge is 0.307 e. The Morgan fingerprint density at radius 3 is 2.47 bits per heavy atom. The maximum atomic E-state index is 11.1. The minimum atomic E-state index is -0.201. The lowest BCUT2D eigenvalue weighted by molar-refractivity contribution is -0.141. The van der Waals surface area contributed by atoms with E-state index < -0.39 is 0 Å². The number of esters is 1. The number of ether oxygens (including phenoxy) is 1. The minimum Gasteiger partial charge on any atom is -0.469 e. The number of halogens is 1. The fraction of sp³-hybridized carbons (Fsp3) is 0.462. The van der Waals surface area contributed by atoms with Gasteiger partial charge in [0.2, 0.25) is 0 Å². The van der Waals surface area contributed by atoms with Gasteiger partial charge in [0.1, 0.15) is 0 Å². The van der Waals surface area contributed by atoms with E-state index in [1.165, 1.54) is 7.11 Å². The monoisotopic (exact) mass is 255 g/mol. The Balaban J connectivity index is 2.51. The van der Waals surface area contributed by atoms with Crippen LogP contribution in [0.15, 0.2) is 24.3 Å². The van der Waals surface area contributed by atoms with Crippen molar-refractivity contribution in [1.29, 1.82) is 0 Å². The van der Waals surface area contributed by atoms with Gasteiger partial charge in [-0.3, -0.25) is 4.79 Å². The Morgan fingerprint density at radius 1 is 1.35 bits per heavy atom. The summed E-state index contributed by atoms with van der Waals surface area (Å²) < 4.78 is 4.63. The third kappa shape index (κ3) is 4.75. The van der Waals surface area contributed by atoms with Crippen LogP contribution >= 0.6 is 11.6 Å². The van der Waals surface area contributed by atoms with Gasteiger partial charge in [-0.05, 0) is 31.5 Å². The predicted octanol–water partition coefficient (Wildman–Crippen LogP) is 2.94. The normalized spacial score (nSPS) is 14.1. The Labute approximate surface area is 107 Å². The third-order valence-corrected chi connectivity index (χ3v) is 2.86. The van der Waals surface area contributed by atoms with Gasteiger partial charge in [-0.1, -0.05) is 23.7 Å². The number of carbonyl (C=O) groups is 1. The standard InChI is InChI=1S/C13H18ClNO2/c1-9(8-13(16)17-3)15-10(2)11-4-6-12(14)7-5-11/h4-7,9-10,15H,8H2,1-3H3. The van der Waals surface area contributed by atoms with Crippen LogP contribution in [0.4, 0.5) is 0 Å². The highest BCUT2D eigenvalue weighted by Crippen LogP contribution is 2.16. The van der Waals surface area contributed by atoms with Crippen LogP contribution in [0, 0.1) is 0 Å². The first-order valence-electron chi connectivity index (χ1n) is 5.61. The van der Waals surface area contributed by atoms with Gasteiger partial charge < -0.3 is 10.1 Å². The predicted molar refractivity (Wildman–Crippen MR) is 69.1 cm³/mol. The highest BCUT2D eigenvalue weighted by molar-refractivity contribution is 6.30. The summed E-state index contributed by atoms with van der Waals surface area (Å²) in [5, 5.41) is 4.06. The molecule has 94 valence electrons. The van der Waals surface area contributed by atoms with Crippen molar-refractivity contribution >= 4 is 17.6 Å². The number of nitrogens with one attached hydrogen (secondary N) is 1. The molecule has 17 heavy (non-hydrogen) atoms. The fourth-order valence-corrected chi connectivity index (χ4v) is 1.79. The van der Waals surface area contributed by atoms with Gasteiger partial charge in [-0.2, -0.15) is 0 Å². The zero-order valence-corrected chi connectivity index (χ0v) is 11.1. The SMILES string of the molecule is COC(=O)CC(C)NC(C)c1ccc(Cl)cc1. The highest BCUT2D eigenvalue weighted by Gasteiger charge is 2.12. The molecule has 3 nitrogen and oxygen atoms in total. The molecule has 0 bridgehead atoms. The van der Waals surface area contributed by atoms with E-state index >= 15 is 0 Å². The van der Waals surface area contributed by atoms with E-state index in [0.717, 1.165) is 10.6 Å². The summed E-state index contributed by atoms with van der Waals surface area (Å²) in [5.74, 6) is -0.201. The molecule has 0 amide bonds. The van der Waals surface area contributed by atoms with Crippen LogP contribution < -0.4 is 5.32 Å². The number of methoxy groups -OCH3 is 1. The molecule has 0 spiro atoms. The molecular weight excluding hydrogens is 238 g/mol. The van der Waals surface area contributed by atoms with Gasteiger partial charge in [0, 0.05) is 17.1 Å². The maximum absolute atomic E-state index is 11.1. The molecule has 1 aromatic carbocycles. The molecule has 0 saturated carbocycles. The fourth-order valence-electron chi connectivity index (χ4n) is 1.67. The van der Waals surface area contributed by atoms with Gasteiger partial charge in [-0.15, -0.1) is 0 Å². The highest BCUT2D eigenvalue weighted by atomic mass is 35.5. The molecule has 0 fully saturated rings. The van der Waals surface area contributed by atoms with Crippen LogP contribution in [-0.2, 0) is 9.53 Å². The summed E-state index contributed by atoms with van der Waals surface area (Å²) in [7, 11) is 1.40. The first-order chi connectivity index (χ1) is 8.02. The lowest BCUT2D eigenvalue weighted by Gasteiger charge is -2.19. The van der Waals surface area contributed by atoms with Crippen molar-refractivity contribution < 1.29 is 9.53 Å². The quantitative estimate of drug-likeness (QED) is 0.822. The number of hydrogen-bond donors (Lipinski definition) is 1.